The molecular formula is C13H11BrF2N2O. The first kappa shape index (κ1) is 13.7. The van der Waals surface area contributed by atoms with Gasteiger partial charge in [0.25, 0.3) is 5.92 Å². The van der Waals surface area contributed by atoms with E-state index in [0.717, 1.165) is 0 Å². The zero-order valence-electron chi connectivity index (χ0n) is 9.82. The molecule has 2 rings (SSSR count). The van der Waals surface area contributed by atoms with Gasteiger partial charge in [0.1, 0.15) is 0 Å². The van der Waals surface area contributed by atoms with Crippen LogP contribution in [0.25, 0.3) is 0 Å². The number of halogens is 3. The van der Waals surface area contributed by atoms with Gasteiger partial charge in [0.05, 0.1) is 16.7 Å². The molecule has 0 atom stereocenters. The van der Waals surface area contributed by atoms with Crippen LogP contribution in [0.5, 0.6) is 0 Å². The Morgan fingerprint density at radius 2 is 1.84 bits per heavy atom. The number of alkyl halides is 2. The van der Waals surface area contributed by atoms with Crippen molar-refractivity contribution in [3.05, 3.63) is 63.0 Å². The summed E-state index contributed by atoms with van der Waals surface area (Å²) in [6.45, 7) is -0.583. The molecule has 0 bridgehead atoms. The van der Waals surface area contributed by atoms with Crippen molar-refractivity contribution >= 4 is 21.6 Å². The normalized spacial score (nSPS) is 11.5. The van der Waals surface area contributed by atoms with Crippen LogP contribution in [0.3, 0.4) is 0 Å². The van der Waals surface area contributed by atoms with Gasteiger partial charge >= 0.3 is 0 Å². The van der Waals surface area contributed by atoms with Crippen molar-refractivity contribution in [2.24, 2.45) is 0 Å². The summed E-state index contributed by atoms with van der Waals surface area (Å²) in [6, 6.07) is 7.51. The number of aromatic nitrogens is 1. The predicted octanol–water partition coefficient (Wildman–Crippen LogP) is 2.99. The first-order valence-corrected chi connectivity index (χ1v) is 6.28. The summed E-state index contributed by atoms with van der Waals surface area (Å²) in [5.41, 5.74) is 4.92. The molecule has 0 spiro atoms. The van der Waals surface area contributed by atoms with Gasteiger partial charge in [-0.3, -0.25) is 4.79 Å². The summed E-state index contributed by atoms with van der Waals surface area (Å²) >= 11 is 3.00. The van der Waals surface area contributed by atoms with Crippen LogP contribution < -0.4 is 11.2 Å². The highest BCUT2D eigenvalue weighted by Gasteiger charge is 2.31. The van der Waals surface area contributed by atoms with Gasteiger partial charge < -0.3 is 10.3 Å². The molecule has 0 aliphatic heterocycles. The Hall–Kier alpha value is -1.69. The van der Waals surface area contributed by atoms with Crippen LogP contribution in [0.15, 0.2) is 52.0 Å². The van der Waals surface area contributed by atoms with Crippen molar-refractivity contribution in [2.75, 3.05) is 5.73 Å². The quantitative estimate of drug-likeness (QED) is 0.941. The van der Waals surface area contributed by atoms with Gasteiger partial charge in [-0.05, 0) is 15.9 Å². The average molecular weight is 329 g/mol. The second-order valence-electron chi connectivity index (χ2n) is 4.13. The second-order valence-corrected chi connectivity index (χ2v) is 4.99. The number of benzene rings is 1. The van der Waals surface area contributed by atoms with Crippen molar-refractivity contribution in [3.8, 4) is 0 Å². The predicted molar refractivity (Wildman–Crippen MR) is 73.2 cm³/mol. The molecule has 2 aromatic rings. The average Bonchev–Trinajstić information content (AvgIpc) is 2.36. The highest BCUT2D eigenvalue weighted by molar-refractivity contribution is 9.10. The van der Waals surface area contributed by atoms with Crippen LogP contribution >= 0.6 is 15.9 Å². The molecule has 0 aliphatic rings. The fourth-order valence-electron chi connectivity index (χ4n) is 1.71. The topological polar surface area (TPSA) is 48.0 Å². The third-order valence-corrected chi connectivity index (χ3v) is 3.21. The summed E-state index contributed by atoms with van der Waals surface area (Å²) in [7, 11) is 0. The number of nitrogens with two attached hydrogens (primary N) is 1. The molecule has 3 nitrogen and oxygen atoms in total. The maximum absolute atomic E-state index is 14.1. The number of nitrogens with zero attached hydrogens (tertiary/aromatic N) is 1. The van der Waals surface area contributed by atoms with E-state index < -0.39 is 17.9 Å². The van der Waals surface area contributed by atoms with Crippen LogP contribution in [0, 0.1) is 0 Å². The minimum atomic E-state index is -3.04. The number of anilines is 1. The molecule has 0 saturated heterocycles. The zero-order valence-corrected chi connectivity index (χ0v) is 11.4. The van der Waals surface area contributed by atoms with Gasteiger partial charge in [-0.15, -0.1) is 0 Å². The van der Waals surface area contributed by atoms with E-state index in [-0.39, 0.29) is 15.7 Å². The van der Waals surface area contributed by atoms with Gasteiger partial charge in [0, 0.05) is 18.0 Å². The molecule has 1 aromatic carbocycles. The first-order chi connectivity index (χ1) is 8.90. The minimum Gasteiger partial charge on any atom is -0.394 e. The lowest BCUT2D eigenvalue weighted by molar-refractivity contribution is -0.0223. The van der Waals surface area contributed by atoms with Crippen molar-refractivity contribution in [1.29, 1.82) is 0 Å². The van der Waals surface area contributed by atoms with E-state index in [1.54, 1.807) is 18.2 Å². The number of hydrogen-bond acceptors (Lipinski definition) is 2. The summed E-state index contributed by atoms with van der Waals surface area (Å²) in [5.74, 6) is -3.04. The number of rotatable bonds is 3. The van der Waals surface area contributed by atoms with Crippen LogP contribution in [0.4, 0.5) is 14.5 Å². The molecular weight excluding hydrogens is 318 g/mol. The maximum Gasteiger partial charge on any atom is 0.290 e. The van der Waals surface area contributed by atoms with E-state index in [4.69, 9.17) is 5.73 Å². The molecule has 2 N–H and O–H groups in total. The third kappa shape index (κ3) is 3.01. The molecule has 0 saturated carbocycles. The highest BCUT2D eigenvalue weighted by Crippen LogP contribution is 2.29. The van der Waals surface area contributed by atoms with Crippen molar-refractivity contribution in [1.82, 2.24) is 4.57 Å². The van der Waals surface area contributed by atoms with E-state index in [9.17, 15) is 13.6 Å². The van der Waals surface area contributed by atoms with Gasteiger partial charge in [-0.1, -0.05) is 30.3 Å². The molecule has 1 aromatic heterocycles. The molecule has 1 heterocycles. The van der Waals surface area contributed by atoms with Crippen molar-refractivity contribution in [3.63, 3.8) is 0 Å². The van der Waals surface area contributed by atoms with Crippen molar-refractivity contribution in [2.45, 2.75) is 12.5 Å². The lowest BCUT2D eigenvalue weighted by Crippen LogP contribution is -2.23. The van der Waals surface area contributed by atoms with E-state index in [1.165, 1.54) is 29.1 Å². The summed E-state index contributed by atoms with van der Waals surface area (Å²) in [5, 5.41) is 0. The summed E-state index contributed by atoms with van der Waals surface area (Å²) in [4.78, 5) is 11.4. The molecule has 0 radical (unpaired) electrons. The Kier molecular flexibility index (Phi) is 3.71. The molecule has 19 heavy (non-hydrogen) atoms. The van der Waals surface area contributed by atoms with Crippen LogP contribution in [0.2, 0.25) is 0 Å². The Morgan fingerprint density at radius 1 is 1.21 bits per heavy atom. The zero-order chi connectivity index (χ0) is 14.0. The fourth-order valence-corrected chi connectivity index (χ4v) is 2.20. The number of pyridine rings is 1. The largest absolute Gasteiger partial charge is 0.394 e. The summed E-state index contributed by atoms with van der Waals surface area (Å²) in [6.07, 6.45) is 2.51. The first-order valence-electron chi connectivity index (χ1n) is 5.48. The minimum absolute atomic E-state index is 0.0711. The Labute approximate surface area is 116 Å². The number of hydrogen-bond donors (Lipinski definition) is 1. The molecule has 6 heteroatoms. The van der Waals surface area contributed by atoms with E-state index in [0.29, 0.717) is 0 Å². The molecule has 0 aliphatic carbocycles. The molecule has 100 valence electrons. The second kappa shape index (κ2) is 5.13. The van der Waals surface area contributed by atoms with Crippen LogP contribution in [-0.2, 0) is 12.5 Å². The van der Waals surface area contributed by atoms with Gasteiger partial charge in [0.2, 0.25) is 5.43 Å². The SMILES string of the molecule is Nc1cn(CC(F)(F)c2ccccc2)cc(Br)c1=O. The highest BCUT2D eigenvalue weighted by atomic mass is 79.9. The monoisotopic (exact) mass is 328 g/mol. The van der Waals surface area contributed by atoms with Crippen LogP contribution in [0.1, 0.15) is 5.56 Å². The van der Waals surface area contributed by atoms with E-state index in [2.05, 4.69) is 15.9 Å². The van der Waals surface area contributed by atoms with Crippen LogP contribution in [-0.4, -0.2) is 4.57 Å². The van der Waals surface area contributed by atoms with E-state index in [1.807, 2.05) is 0 Å². The van der Waals surface area contributed by atoms with Gasteiger partial charge in [0.15, 0.2) is 0 Å². The third-order valence-electron chi connectivity index (χ3n) is 2.64. The Morgan fingerprint density at radius 3 is 2.42 bits per heavy atom. The maximum atomic E-state index is 14.1. The summed E-state index contributed by atoms with van der Waals surface area (Å²) < 4.78 is 29.5. The standard InChI is InChI=1S/C13H11BrF2N2O/c14-10-6-18(7-11(17)12(10)19)8-13(15,16)9-4-2-1-3-5-9/h1-7H,8,17H2. The molecule has 0 amide bonds. The van der Waals surface area contributed by atoms with Crippen molar-refractivity contribution < 1.29 is 8.78 Å². The Balaban J connectivity index is 2.33. The Bertz CT molecular complexity index is 615. The molecule has 0 fully saturated rings. The van der Waals surface area contributed by atoms with E-state index >= 15 is 0 Å². The fraction of sp³-hybridized carbons (Fsp3) is 0.154. The van der Waals surface area contributed by atoms with Gasteiger partial charge in [-0.2, -0.15) is 8.78 Å². The van der Waals surface area contributed by atoms with Gasteiger partial charge in [-0.25, -0.2) is 0 Å². The molecule has 0 unspecified atom stereocenters. The lowest BCUT2D eigenvalue weighted by Gasteiger charge is -2.19. The lowest BCUT2D eigenvalue weighted by atomic mass is 10.1. The smallest absolute Gasteiger partial charge is 0.290 e. The number of nitrogen functional groups attached to an aromatic ring is 1.